The molecule has 1 aromatic rings. The fourth-order valence-electron chi connectivity index (χ4n) is 2.73. The van der Waals surface area contributed by atoms with Crippen molar-refractivity contribution in [3.05, 3.63) is 18.2 Å². The number of anilines is 1. The first-order valence-electron chi connectivity index (χ1n) is 6.73. The lowest BCUT2D eigenvalue weighted by molar-refractivity contribution is 0.280. The van der Waals surface area contributed by atoms with Crippen molar-refractivity contribution in [3.63, 3.8) is 0 Å². The van der Waals surface area contributed by atoms with Gasteiger partial charge in [-0.05, 0) is 36.8 Å². The SMILES string of the molecule is COc1ccc(NC2CC(C)CCC2C)cc1O. The number of phenols is 1. The summed E-state index contributed by atoms with van der Waals surface area (Å²) in [6.07, 6.45) is 3.81. The van der Waals surface area contributed by atoms with Crippen LogP contribution in [-0.4, -0.2) is 18.3 Å². The molecule has 1 saturated carbocycles. The van der Waals surface area contributed by atoms with E-state index in [0.29, 0.717) is 17.7 Å². The van der Waals surface area contributed by atoms with E-state index in [9.17, 15) is 5.11 Å². The predicted octanol–water partition coefficient (Wildman–Crippen LogP) is 3.64. The molecule has 1 fully saturated rings. The second kappa shape index (κ2) is 5.51. The standard InChI is InChI=1S/C15H23NO2/c1-10-4-5-11(2)13(8-10)16-12-6-7-15(18-3)14(17)9-12/h6-7,9-11,13,16-17H,4-5,8H2,1-3H3. The van der Waals surface area contributed by atoms with E-state index in [4.69, 9.17) is 4.74 Å². The van der Waals surface area contributed by atoms with Crippen molar-refractivity contribution in [2.75, 3.05) is 12.4 Å². The number of rotatable bonds is 3. The molecule has 2 N–H and O–H groups in total. The lowest BCUT2D eigenvalue weighted by Gasteiger charge is -2.34. The van der Waals surface area contributed by atoms with Crippen LogP contribution in [0.4, 0.5) is 5.69 Å². The smallest absolute Gasteiger partial charge is 0.160 e. The molecule has 100 valence electrons. The zero-order valence-electron chi connectivity index (χ0n) is 11.4. The molecule has 0 amide bonds. The molecule has 3 heteroatoms. The van der Waals surface area contributed by atoms with Gasteiger partial charge in [0.1, 0.15) is 0 Å². The summed E-state index contributed by atoms with van der Waals surface area (Å²) in [5, 5.41) is 13.3. The Kier molecular flexibility index (Phi) is 4.00. The van der Waals surface area contributed by atoms with E-state index in [-0.39, 0.29) is 5.75 Å². The van der Waals surface area contributed by atoms with E-state index in [1.165, 1.54) is 19.3 Å². The predicted molar refractivity (Wildman–Crippen MR) is 74.2 cm³/mol. The van der Waals surface area contributed by atoms with Crippen LogP contribution in [0.5, 0.6) is 11.5 Å². The molecule has 1 aliphatic rings. The van der Waals surface area contributed by atoms with Crippen molar-refractivity contribution in [2.45, 2.75) is 39.2 Å². The molecule has 2 rings (SSSR count). The van der Waals surface area contributed by atoms with Gasteiger partial charge in [-0.25, -0.2) is 0 Å². The highest BCUT2D eigenvalue weighted by Gasteiger charge is 2.25. The minimum absolute atomic E-state index is 0.194. The summed E-state index contributed by atoms with van der Waals surface area (Å²) in [6, 6.07) is 6.01. The quantitative estimate of drug-likeness (QED) is 0.859. The monoisotopic (exact) mass is 249 g/mol. The van der Waals surface area contributed by atoms with Crippen LogP contribution in [-0.2, 0) is 0 Å². The van der Waals surface area contributed by atoms with E-state index >= 15 is 0 Å². The highest BCUT2D eigenvalue weighted by atomic mass is 16.5. The van der Waals surface area contributed by atoms with Crippen molar-refractivity contribution < 1.29 is 9.84 Å². The Morgan fingerprint density at radius 1 is 1.28 bits per heavy atom. The van der Waals surface area contributed by atoms with Crippen LogP contribution < -0.4 is 10.1 Å². The lowest BCUT2D eigenvalue weighted by atomic mass is 9.80. The average molecular weight is 249 g/mol. The van der Waals surface area contributed by atoms with Gasteiger partial charge in [0.15, 0.2) is 11.5 Å². The second-order valence-corrected chi connectivity index (χ2v) is 5.53. The molecule has 0 bridgehead atoms. The number of phenolic OH excluding ortho intramolecular Hbond substituents is 1. The molecule has 0 aromatic heterocycles. The van der Waals surface area contributed by atoms with E-state index in [0.717, 1.165) is 11.6 Å². The minimum Gasteiger partial charge on any atom is -0.504 e. The van der Waals surface area contributed by atoms with E-state index in [1.54, 1.807) is 19.2 Å². The number of hydrogen-bond donors (Lipinski definition) is 2. The van der Waals surface area contributed by atoms with Crippen LogP contribution >= 0.6 is 0 Å². The summed E-state index contributed by atoms with van der Waals surface area (Å²) in [5.41, 5.74) is 0.972. The third-order valence-electron chi connectivity index (χ3n) is 3.99. The molecular weight excluding hydrogens is 226 g/mol. The van der Waals surface area contributed by atoms with Crippen LogP contribution in [0.15, 0.2) is 18.2 Å². The van der Waals surface area contributed by atoms with Crippen molar-refractivity contribution in [2.24, 2.45) is 11.8 Å². The Labute approximate surface area is 109 Å². The normalized spacial score (nSPS) is 27.8. The molecule has 1 aromatic carbocycles. The molecule has 0 aliphatic heterocycles. The van der Waals surface area contributed by atoms with Gasteiger partial charge in [0.2, 0.25) is 0 Å². The van der Waals surface area contributed by atoms with E-state index in [1.807, 2.05) is 6.07 Å². The number of methoxy groups -OCH3 is 1. The lowest BCUT2D eigenvalue weighted by Crippen LogP contribution is -2.33. The number of ether oxygens (including phenoxy) is 1. The van der Waals surface area contributed by atoms with Crippen LogP contribution in [0, 0.1) is 11.8 Å². The van der Waals surface area contributed by atoms with Crippen molar-refractivity contribution in [1.82, 2.24) is 0 Å². The van der Waals surface area contributed by atoms with Crippen LogP contribution in [0.1, 0.15) is 33.1 Å². The highest BCUT2D eigenvalue weighted by Crippen LogP contribution is 2.33. The molecule has 3 atom stereocenters. The van der Waals surface area contributed by atoms with Crippen molar-refractivity contribution in [3.8, 4) is 11.5 Å². The molecule has 3 nitrogen and oxygen atoms in total. The van der Waals surface area contributed by atoms with Gasteiger partial charge in [0, 0.05) is 17.8 Å². The van der Waals surface area contributed by atoms with Gasteiger partial charge in [-0.15, -0.1) is 0 Å². The maximum Gasteiger partial charge on any atom is 0.160 e. The Balaban J connectivity index is 2.06. The summed E-state index contributed by atoms with van der Waals surface area (Å²) < 4.78 is 5.05. The number of aromatic hydroxyl groups is 1. The third kappa shape index (κ3) is 2.89. The number of nitrogens with one attached hydrogen (secondary N) is 1. The molecule has 0 heterocycles. The zero-order valence-corrected chi connectivity index (χ0v) is 11.4. The summed E-state index contributed by atoms with van der Waals surface area (Å²) >= 11 is 0. The largest absolute Gasteiger partial charge is 0.504 e. The molecule has 0 saturated heterocycles. The zero-order chi connectivity index (χ0) is 13.1. The summed E-state index contributed by atoms with van der Waals surface area (Å²) in [7, 11) is 1.56. The number of hydrogen-bond acceptors (Lipinski definition) is 3. The molecule has 3 unspecified atom stereocenters. The fraction of sp³-hybridized carbons (Fsp3) is 0.600. The summed E-state index contributed by atoms with van der Waals surface area (Å²) in [6.45, 7) is 4.61. The molecule has 0 spiro atoms. The molecule has 18 heavy (non-hydrogen) atoms. The topological polar surface area (TPSA) is 41.5 Å². The van der Waals surface area contributed by atoms with Crippen LogP contribution in [0.3, 0.4) is 0 Å². The first-order chi connectivity index (χ1) is 8.60. The minimum atomic E-state index is 0.194. The van der Waals surface area contributed by atoms with Crippen molar-refractivity contribution in [1.29, 1.82) is 0 Å². The van der Waals surface area contributed by atoms with E-state index < -0.39 is 0 Å². The first-order valence-corrected chi connectivity index (χ1v) is 6.73. The Hall–Kier alpha value is -1.38. The molecular formula is C15H23NO2. The Bertz CT molecular complexity index is 405. The number of benzene rings is 1. The third-order valence-corrected chi connectivity index (χ3v) is 3.99. The maximum absolute atomic E-state index is 9.77. The molecule has 0 radical (unpaired) electrons. The average Bonchev–Trinajstić information content (AvgIpc) is 2.34. The summed E-state index contributed by atoms with van der Waals surface area (Å²) in [4.78, 5) is 0. The van der Waals surface area contributed by atoms with Crippen LogP contribution in [0.25, 0.3) is 0 Å². The Morgan fingerprint density at radius 3 is 2.72 bits per heavy atom. The maximum atomic E-state index is 9.77. The molecule has 1 aliphatic carbocycles. The van der Waals surface area contributed by atoms with Gasteiger partial charge in [0.05, 0.1) is 7.11 Å². The van der Waals surface area contributed by atoms with Gasteiger partial charge in [-0.3, -0.25) is 0 Å². The van der Waals surface area contributed by atoms with Gasteiger partial charge < -0.3 is 15.2 Å². The van der Waals surface area contributed by atoms with E-state index in [2.05, 4.69) is 19.2 Å². The van der Waals surface area contributed by atoms with Crippen molar-refractivity contribution >= 4 is 5.69 Å². The highest BCUT2D eigenvalue weighted by molar-refractivity contribution is 5.54. The Morgan fingerprint density at radius 2 is 2.06 bits per heavy atom. The second-order valence-electron chi connectivity index (χ2n) is 5.53. The van der Waals surface area contributed by atoms with Gasteiger partial charge >= 0.3 is 0 Å². The van der Waals surface area contributed by atoms with Gasteiger partial charge in [-0.2, -0.15) is 0 Å². The van der Waals surface area contributed by atoms with Crippen LogP contribution in [0.2, 0.25) is 0 Å². The first kappa shape index (κ1) is 13.1. The fourth-order valence-corrected chi connectivity index (χ4v) is 2.73. The summed E-state index contributed by atoms with van der Waals surface area (Å²) in [5.74, 6) is 2.18. The van der Waals surface area contributed by atoms with Gasteiger partial charge in [-0.1, -0.05) is 20.3 Å². The van der Waals surface area contributed by atoms with Gasteiger partial charge in [0.25, 0.3) is 0 Å².